The number of nitrogens with one attached hydrogen (secondary N) is 1. The lowest BCUT2D eigenvalue weighted by Gasteiger charge is -1.98. The molecule has 5 N–H and O–H groups in total. The number of hydrogen-bond donors (Lipinski definition) is 3. The molecule has 2 aromatic heterocycles. The molecule has 0 aliphatic heterocycles. The van der Waals surface area contributed by atoms with Crippen molar-refractivity contribution in [2.24, 2.45) is 0 Å². The zero-order valence-corrected chi connectivity index (χ0v) is 10.4. The number of fused-ring (bicyclic) bond motifs is 1. The van der Waals surface area contributed by atoms with E-state index >= 15 is 0 Å². The van der Waals surface area contributed by atoms with Gasteiger partial charge in [-0.3, -0.25) is 4.79 Å². The first-order valence-electron chi connectivity index (χ1n) is 5.30. The molecule has 1 aromatic carbocycles. The molecular formula is C11H9N5O2S. The second kappa shape index (κ2) is 4.32. The molecule has 8 heteroatoms. The number of nitrogen functional groups attached to an aromatic ring is 2. The van der Waals surface area contributed by atoms with E-state index in [1.807, 2.05) is 0 Å². The van der Waals surface area contributed by atoms with Crippen LogP contribution in [-0.4, -0.2) is 15.0 Å². The normalized spacial score (nSPS) is 10.9. The minimum absolute atomic E-state index is 0.0364. The van der Waals surface area contributed by atoms with Crippen molar-refractivity contribution in [2.75, 3.05) is 11.5 Å². The van der Waals surface area contributed by atoms with E-state index in [0.29, 0.717) is 27.0 Å². The Morgan fingerprint density at radius 1 is 1.32 bits per heavy atom. The van der Waals surface area contributed by atoms with E-state index in [1.165, 1.54) is 6.33 Å². The van der Waals surface area contributed by atoms with Crippen LogP contribution >= 0.6 is 11.8 Å². The number of nitrogens with two attached hydrogens (primary N) is 2. The molecule has 19 heavy (non-hydrogen) atoms. The first-order valence-corrected chi connectivity index (χ1v) is 6.12. The minimum Gasteiger partial charge on any atom is -0.431 e. The van der Waals surface area contributed by atoms with Gasteiger partial charge in [-0.05, 0) is 30.0 Å². The van der Waals surface area contributed by atoms with Crippen LogP contribution in [0.25, 0.3) is 11.1 Å². The zero-order valence-electron chi connectivity index (χ0n) is 9.58. The molecule has 0 aliphatic carbocycles. The molecule has 3 aromatic rings. The van der Waals surface area contributed by atoms with Crippen molar-refractivity contribution in [1.82, 2.24) is 15.0 Å². The predicted octanol–water partition coefficient (Wildman–Crippen LogP) is 1.23. The van der Waals surface area contributed by atoms with Gasteiger partial charge in [0.05, 0.1) is 6.33 Å². The maximum atomic E-state index is 11.3. The summed E-state index contributed by atoms with van der Waals surface area (Å²) in [6, 6.07) is 5.16. The predicted molar refractivity (Wildman–Crippen MR) is 71.8 cm³/mol. The first-order chi connectivity index (χ1) is 9.13. The SMILES string of the molecule is Nc1ccc2oc(Sc3nc[nH]c(=O)c3N)nc2c1. The Balaban J connectivity index is 2.01. The standard InChI is InChI=1S/C11H9N5O2S/c12-5-1-2-7-6(3-5)16-11(18-7)19-10-8(13)9(17)14-4-15-10/h1-4H,12-13H2,(H,14,15,17). The van der Waals surface area contributed by atoms with Crippen molar-refractivity contribution >= 4 is 34.2 Å². The van der Waals surface area contributed by atoms with Crippen molar-refractivity contribution in [3.8, 4) is 0 Å². The molecule has 0 bridgehead atoms. The Morgan fingerprint density at radius 2 is 2.16 bits per heavy atom. The monoisotopic (exact) mass is 275 g/mol. The molecule has 0 atom stereocenters. The maximum Gasteiger partial charge on any atom is 0.275 e. The van der Waals surface area contributed by atoms with Gasteiger partial charge in [0.25, 0.3) is 10.8 Å². The molecule has 0 unspecified atom stereocenters. The van der Waals surface area contributed by atoms with Crippen LogP contribution in [-0.2, 0) is 0 Å². The molecule has 0 saturated carbocycles. The minimum atomic E-state index is -0.391. The van der Waals surface area contributed by atoms with Crippen molar-refractivity contribution in [2.45, 2.75) is 10.2 Å². The van der Waals surface area contributed by atoms with Crippen LogP contribution in [0.1, 0.15) is 0 Å². The highest BCUT2D eigenvalue weighted by Gasteiger charge is 2.12. The number of hydrogen-bond acceptors (Lipinski definition) is 7. The van der Waals surface area contributed by atoms with Crippen LogP contribution in [0.5, 0.6) is 0 Å². The number of oxazole rings is 1. The average molecular weight is 275 g/mol. The van der Waals surface area contributed by atoms with Crippen molar-refractivity contribution in [1.29, 1.82) is 0 Å². The highest BCUT2D eigenvalue weighted by molar-refractivity contribution is 7.99. The second-order valence-electron chi connectivity index (χ2n) is 3.76. The summed E-state index contributed by atoms with van der Waals surface area (Å²) in [4.78, 5) is 22.0. The lowest BCUT2D eigenvalue weighted by molar-refractivity contribution is 0.489. The lowest BCUT2D eigenvalue weighted by atomic mass is 10.3. The van der Waals surface area contributed by atoms with Gasteiger partial charge in [0.2, 0.25) is 0 Å². The summed E-state index contributed by atoms with van der Waals surface area (Å²) in [6.45, 7) is 0. The number of rotatable bonds is 2. The fourth-order valence-electron chi connectivity index (χ4n) is 1.52. The molecule has 0 fully saturated rings. The summed E-state index contributed by atoms with van der Waals surface area (Å²) in [6.07, 6.45) is 1.28. The molecule has 7 nitrogen and oxygen atoms in total. The molecule has 0 saturated heterocycles. The van der Waals surface area contributed by atoms with Gasteiger partial charge < -0.3 is 20.9 Å². The number of H-pyrrole nitrogens is 1. The number of aromatic amines is 1. The third-order valence-corrected chi connectivity index (χ3v) is 3.30. The molecule has 0 amide bonds. The van der Waals surface area contributed by atoms with Gasteiger partial charge in [-0.2, -0.15) is 0 Å². The summed E-state index contributed by atoms with van der Waals surface area (Å²) in [5.74, 6) is 0. The van der Waals surface area contributed by atoms with E-state index < -0.39 is 5.56 Å². The van der Waals surface area contributed by atoms with Crippen molar-refractivity contribution in [3.05, 3.63) is 34.9 Å². The summed E-state index contributed by atoms with van der Waals surface area (Å²) in [5.41, 5.74) is 12.8. The van der Waals surface area contributed by atoms with Crippen LogP contribution in [0.4, 0.5) is 11.4 Å². The molecule has 96 valence electrons. The van der Waals surface area contributed by atoms with Crippen molar-refractivity contribution in [3.63, 3.8) is 0 Å². The fourth-order valence-corrected chi connectivity index (χ4v) is 2.27. The van der Waals surface area contributed by atoms with Crippen LogP contribution < -0.4 is 17.0 Å². The van der Waals surface area contributed by atoms with Gasteiger partial charge in [0.1, 0.15) is 16.2 Å². The third-order valence-electron chi connectivity index (χ3n) is 2.43. The van der Waals surface area contributed by atoms with Gasteiger partial charge in [0.15, 0.2) is 5.58 Å². The highest BCUT2D eigenvalue weighted by atomic mass is 32.2. The number of aromatic nitrogens is 3. The molecule has 0 radical (unpaired) electrons. The fraction of sp³-hybridized carbons (Fsp3) is 0. The number of benzene rings is 1. The lowest BCUT2D eigenvalue weighted by Crippen LogP contribution is -2.13. The Kier molecular flexibility index (Phi) is 2.64. The van der Waals surface area contributed by atoms with E-state index in [1.54, 1.807) is 18.2 Å². The maximum absolute atomic E-state index is 11.3. The second-order valence-corrected chi connectivity index (χ2v) is 4.70. The molecular weight excluding hydrogens is 266 g/mol. The number of anilines is 2. The van der Waals surface area contributed by atoms with E-state index in [-0.39, 0.29) is 5.69 Å². The number of nitrogens with zero attached hydrogens (tertiary/aromatic N) is 2. The zero-order chi connectivity index (χ0) is 13.4. The molecule has 0 spiro atoms. The molecule has 2 heterocycles. The van der Waals surface area contributed by atoms with Gasteiger partial charge in [-0.1, -0.05) is 0 Å². The Labute approximate surface area is 111 Å². The van der Waals surface area contributed by atoms with E-state index in [4.69, 9.17) is 15.9 Å². The molecule has 0 aliphatic rings. The van der Waals surface area contributed by atoms with E-state index in [9.17, 15) is 4.79 Å². The van der Waals surface area contributed by atoms with Gasteiger partial charge in [-0.25, -0.2) is 9.97 Å². The quantitative estimate of drug-likeness (QED) is 0.474. The first kappa shape index (κ1) is 11.6. The van der Waals surface area contributed by atoms with Crippen LogP contribution in [0, 0.1) is 0 Å². The Hall–Kier alpha value is -2.48. The summed E-state index contributed by atoms with van der Waals surface area (Å²) in [5, 5.41) is 0.702. The summed E-state index contributed by atoms with van der Waals surface area (Å²) < 4.78 is 5.51. The third kappa shape index (κ3) is 2.13. The van der Waals surface area contributed by atoms with E-state index in [0.717, 1.165) is 11.8 Å². The summed E-state index contributed by atoms with van der Waals surface area (Å²) in [7, 11) is 0. The van der Waals surface area contributed by atoms with Gasteiger partial charge in [-0.15, -0.1) is 0 Å². The molecule has 3 rings (SSSR count). The summed E-state index contributed by atoms with van der Waals surface area (Å²) >= 11 is 1.09. The largest absolute Gasteiger partial charge is 0.431 e. The van der Waals surface area contributed by atoms with Crippen molar-refractivity contribution < 1.29 is 4.42 Å². The van der Waals surface area contributed by atoms with Crippen LogP contribution in [0.2, 0.25) is 0 Å². The van der Waals surface area contributed by atoms with Crippen LogP contribution in [0.3, 0.4) is 0 Å². The van der Waals surface area contributed by atoms with E-state index in [2.05, 4.69) is 15.0 Å². The Bertz CT molecular complexity index is 810. The topological polar surface area (TPSA) is 124 Å². The van der Waals surface area contributed by atoms with Gasteiger partial charge >= 0.3 is 0 Å². The highest BCUT2D eigenvalue weighted by Crippen LogP contribution is 2.30. The Morgan fingerprint density at radius 3 is 3.00 bits per heavy atom. The van der Waals surface area contributed by atoms with Gasteiger partial charge in [0, 0.05) is 5.69 Å². The smallest absolute Gasteiger partial charge is 0.275 e. The average Bonchev–Trinajstić information content (AvgIpc) is 2.76. The van der Waals surface area contributed by atoms with Crippen LogP contribution in [0.15, 0.2) is 44.0 Å².